The second-order valence-electron chi connectivity index (χ2n) is 9.20. The van der Waals surface area contributed by atoms with Crippen LogP contribution in [0, 0.1) is 5.92 Å². The van der Waals surface area contributed by atoms with Crippen molar-refractivity contribution in [2.75, 3.05) is 13.1 Å². The highest BCUT2D eigenvalue weighted by Crippen LogP contribution is 2.35. The van der Waals surface area contributed by atoms with Crippen molar-refractivity contribution < 1.29 is 19.5 Å². The van der Waals surface area contributed by atoms with Crippen LogP contribution in [-0.2, 0) is 20.8 Å². The fourth-order valence-electron chi connectivity index (χ4n) is 4.36. The lowest BCUT2D eigenvalue weighted by molar-refractivity contribution is -0.123. The summed E-state index contributed by atoms with van der Waals surface area (Å²) in [5.41, 5.74) is 1.29. The van der Waals surface area contributed by atoms with Gasteiger partial charge in [-0.05, 0) is 63.9 Å². The molecule has 3 N–H and O–H groups in total. The average molecular weight is 446 g/mol. The van der Waals surface area contributed by atoms with Gasteiger partial charge in [0.15, 0.2) is 0 Å². The van der Waals surface area contributed by atoms with Crippen LogP contribution in [0.2, 0.25) is 0 Å². The maximum atomic E-state index is 12.3. The van der Waals surface area contributed by atoms with E-state index in [1.54, 1.807) is 0 Å². The summed E-state index contributed by atoms with van der Waals surface area (Å²) in [7, 11) is 0. The van der Waals surface area contributed by atoms with E-state index in [-0.39, 0.29) is 24.3 Å². The molecule has 0 radical (unpaired) electrons. The van der Waals surface area contributed by atoms with Gasteiger partial charge in [-0.2, -0.15) is 0 Å². The molecule has 178 valence electrons. The van der Waals surface area contributed by atoms with Crippen molar-refractivity contribution in [1.82, 2.24) is 15.5 Å². The first-order valence-electron chi connectivity index (χ1n) is 11.9. The highest BCUT2D eigenvalue weighted by molar-refractivity contribution is 5.77. The normalized spacial score (nSPS) is 20.3. The predicted octanol–water partition coefficient (Wildman–Crippen LogP) is 2.98. The van der Waals surface area contributed by atoms with Gasteiger partial charge in [-0.15, -0.1) is 0 Å². The zero-order valence-electron chi connectivity index (χ0n) is 19.5. The van der Waals surface area contributed by atoms with Crippen LogP contribution >= 0.6 is 0 Å². The molecule has 1 saturated heterocycles. The lowest BCUT2D eigenvalue weighted by Crippen LogP contribution is -2.46. The number of nitrogens with one attached hydrogen (secondary N) is 2. The maximum Gasteiger partial charge on any atom is 0.290 e. The molecule has 7 nitrogen and oxygen atoms in total. The molecule has 32 heavy (non-hydrogen) atoms. The summed E-state index contributed by atoms with van der Waals surface area (Å²) in [6.07, 6.45) is 7.70. The monoisotopic (exact) mass is 445 g/mol. The molecule has 0 unspecified atom stereocenters. The number of likely N-dealkylation sites (tertiary alicyclic amines) is 1. The minimum Gasteiger partial charge on any atom is -0.483 e. The smallest absolute Gasteiger partial charge is 0.290 e. The van der Waals surface area contributed by atoms with Crippen LogP contribution in [0.4, 0.5) is 0 Å². The summed E-state index contributed by atoms with van der Waals surface area (Å²) >= 11 is 0. The Kier molecular flexibility index (Phi) is 11.2. The van der Waals surface area contributed by atoms with Gasteiger partial charge in [-0.3, -0.25) is 19.3 Å². The van der Waals surface area contributed by atoms with E-state index in [1.165, 1.54) is 18.4 Å². The molecule has 2 aliphatic rings. The number of carbonyl (C=O) groups is 3. The first kappa shape index (κ1) is 25.8. The number of hydrogen-bond donors (Lipinski definition) is 3. The van der Waals surface area contributed by atoms with Gasteiger partial charge in [-0.25, -0.2) is 0 Å². The SMILES string of the molecule is CC(C)NC(=O)C[C@H]1CC[C@@H](CNC(=O)CCCc2ccccc2)N1CC1CC1.O=CO. The highest BCUT2D eigenvalue weighted by Gasteiger charge is 2.37. The average Bonchev–Trinajstić information content (AvgIpc) is 3.49. The topological polar surface area (TPSA) is 98.7 Å². The second kappa shape index (κ2) is 13.9. The van der Waals surface area contributed by atoms with Crippen molar-refractivity contribution in [3.8, 4) is 0 Å². The van der Waals surface area contributed by atoms with Gasteiger partial charge in [0.1, 0.15) is 0 Å². The fraction of sp³-hybridized carbons (Fsp3) is 0.640. The zero-order chi connectivity index (χ0) is 23.3. The molecule has 1 aliphatic heterocycles. The van der Waals surface area contributed by atoms with Crippen molar-refractivity contribution in [2.24, 2.45) is 5.92 Å². The molecule has 3 rings (SSSR count). The molecule has 7 heteroatoms. The molecular formula is C25H39N3O4. The van der Waals surface area contributed by atoms with Crippen LogP contribution in [0.3, 0.4) is 0 Å². The Bertz CT molecular complexity index is 706. The van der Waals surface area contributed by atoms with Gasteiger partial charge in [0.25, 0.3) is 6.47 Å². The molecule has 1 aromatic rings. The highest BCUT2D eigenvalue weighted by atomic mass is 16.3. The molecular weight excluding hydrogens is 406 g/mol. The molecule has 1 aliphatic carbocycles. The number of carbonyl (C=O) groups excluding carboxylic acids is 2. The minimum absolute atomic E-state index is 0.147. The van der Waals surface area contributed by atoms with Crippen LogP contribution in [0.25, 0.3) is 0 Å². The Balaban J connectivity index is 0.00000114. The Morgan fingerprint density at radius 2 is 1.75 bits per heavy atom. The number of amides is 2. The van der Waals surface area contributed by atoms with E-state index < -0.39 is 0 Å². The van der Waals surface area contributed by atoms with Gasteiger partial charge in [0.2, 0.25) is 11.8 Å². The van der Waals surface area contributed by atoms with Gasteiger partial charge in [-0.1, -0.05) is 30.3 Å². The Labute approximate surface area is 191 Å². The number of benzene rings is 1. The van der Waals surface area contributed by atoms with Crippen LogP contribution < -0.4 is 10.6 Å². The maximum absolute atomic E-state index is 12.3. The summed E-state index contributed by atoms with van der Waals surface area (Å²) in [5, 5.41) is 13.1. The number of carboxylic acid groups (broad SMARTS) is 1. The molecule has 2 atom stereocenters. The molecule has 0 bridgehead atoms. The fourth-order valence-corrected chi connectivity index (χ4v) is 4.36. The molecule has 0 aromatic heterocycles. The number of nitrogens with zero attached hydrogens (tertiary/aromatic N) is 1. The molecule has 1 heterocycles. The lowest BCUT2D eigenvalue weighted by atomic mass is 10.1. The van der Waals surface area contributed by atoms with Crippen LogP contribution in [0.15, 0.2) is 30.3 Å². The first-order valence-corrected chi connectivity index (χ1v) is 11.9. The molecule has 1 saturated carbocycles. The Hall–Kier alpha value is -2.41. The van der Waals surface area contributed by atoms with Crippen LogP contribution in [-0.4, -0.2) is 59.5 Å². The standard InChI is InChI=1S/C24H37N3O2.CH2O2/c1-18(2)26-24(29)15-21-13-14-22(27(21)17-20-11-12-20)16-25-23(28)10-6-9-19-7-4-3-5-8-19;2-1-3/h3-5,7-8,18,20-22H,6,9-17H2,1-2H3,(H,25,28)(H,26,29);1H,(H,2,3)/t21-,22+;/m1./s1. The van der Waals surface area contributed by atoms with E-state index >= 15 is 0 Å². The van der Waals surface area contributed by atoms with E-state index in [4.69, 9.17) is 9.90 Å². The third-order valence-electron chi connectivity index (χ3n) is 6.05. The number of hydrogen-bond acceptors (Lipinski definition) is 4. The Morgan fingerprint density at radius 3 is 2.38 bits per heavy atom. The largest absolute Gasteiger partial charge is 0.483 e. The summed E-state index contributed by atoms with van der Waals surface area (Å²) < 4.78 is 0. The molecule has 2 amide bonds. The van der Waals surface area contributed by atoms with Crippen molar-refractivity contribution in [3.63, 3.8) is 0 Å². The number of aryl methyl sites for hydroxylation is 1. The quantitative estimate of drug-likeness (QED) is 0.455. The first-order chi connectivity index (χ1) is 15.4. The third-order valence-corrected chi connectivity index (χ3v) is 6.05. The van der Waals surface area contributed by atoms with E-state index in [1.807, 2.05) is 32.0 Å². The van der Waals surface area contributed by atoms with Crippen molar-refractivity contribution in [2.45, 2.75) is 83.3 Å². The molecule has 0 spiro atoms. The third kappa shape index (κ3) is 9.81. The van der Waals surface area contributed by atoms with Gasteiger partial charge in [0, 0.05) is 44.1 Å². The van der Waals surface area contributed by atoms with E-state index in [0.717, 1.165) is 38.1 Å². The molecule has 1 aromatic carbocycles. The predicted molar refractivity (Wildman–Crippen MR) is 125 cm³/mol. The zero-order valence-corrected chi connectivity index (χ0v) is 19.5. The summed E-state index contributed by atoms with van der Waals surface area (Å²) in [5.74, 6) is 1.08. The van der Waals surface area contributed by atoms with Gasteiger partial charge < -0.3 is 15.7 Å². The number of rotatable bonds is 11. The van der Waals surface area contributed by atoms with Crippen LogP contribution in [0.5, 0.6) is 0 Å². The summed E-state index contributed by atoms with van der Waals surface area (Å²) in [6.45, 7) is 5.54. The summed E-state index contributed by atoms with van der Waals surface area (Å²) in [4.78, 5) is 35.5. The molecule has 2 fully saturated rings. The van der Waals surface area contributed by atoms with Crippen molar-refractivity contribution >= 4 is 18.3 Å². The van der Waals surface area contributed by atoms with Crippen LogP contribution in [0.1, 0.15) is 64.4 Å². The Morgan fingerprint density at radius 1 is 1.09 bits per heavy atom. The van der Waals surface area contributed by atoms with Gasteiger partial charge in [0.05, 0.1) is 0 Å². The van der Waals surface area contributed by atoms with Gasteiger partial charge >= 0.3 is 0 Å². The van der Waals surface area contributed by atoms with Crippen molar-refractivity contribution in [1.29, 1.82) is 0 Å². The van der Waals surface area contributed by atoms with E-state index in [9.17, 15) is 9.59 Å². The van der Waals surface area contributed by atoms with Crippen molar-refractivity contribution in [3.05, 3.63) is 35.9 Å². The lowest BCUT2D eigenvalue weighted by Gasteiger charge is -2.30. The minimum atomic E-state index is -0.250. The second-order valence-corrected chi connectivity index (χ2v) is 9.20. The van der Waals surface area contributed by atoms with E-state index in [2.05, 4.69) is 27.7 Å². The summed E-state index contributed by atoms with van der Waals surface area (Å²) in [6, 6.07) is 11.2. The van der Waals surface area contributed by atoms with E-state index in [0.29, 0.717) is 31.5 Å².